The van der Waals surface area contributed by atoms with Gasteiger partial charge in [0.1, 0.15) is 0 Å². The monoisotopic (exact) mass is 238 g/mol. The molecule has 0 aliphatic heterocycles. The van der Waals surface area contributed by atoms with E-state index in [1.54, 1.807) is 7.05 Å². The average Bonchev–Trinajstić information content (AvgIpc) is 2.34. The Morgan fingerprint density at radius 2 is 1.94 bits per heavy atom. The molecule has 2 unspecified atom stereocenters. The summed E-state index contributed by atoms with van der Waals surface area (Å²) in [5.74, 6) is -1.98. The Balaban J connectivity index is 2.65. The van der Waals surface area contributed by atoms with Crippen molar-refractivity contribution in [2.24, 2.45) is 11.8 Å². The molecule has 1 fully saturated rings. The lowest BCUT2D eigenvalue weighted by Gasteiger charge is -2.30. The Hall–Kier alpha value is -1.57. The number of hydrogen-bond donors (Lipinski definition) is 1. The summed E-state index contributed by atoms with van der Waals surface area (Å²) in [7, 11) is 1.63. The fraction of sp³-hybridized carbons (Fsp3) is 0.750. The van der Waals surface area contributed by atoms with Gasteiger partial charge in [0, 0.05) is 13.6 Å². The van der Waals surface area contributed by atoms with E-state index in [1.807, 2.05) is 6.07 Å². The number of carboxylic acid groups (broad SMARTS) is 1. The lowest BCUT2D eigenvalue weighted by Crippen LogP contribution is -2.41. The van der Waals surface area contributed by atoms with Crippen LogP contribution in [-0.2, 0) is 9.59 Å². The lowest BCUT2D eigenvalue weighted by atomic mass is 9.78. The van der Waals surface area contributed by atoms with E-state index in [2.05, 4.69) is 0 Å². The van der Waals surface area contributed by atoms with Gasteiger partial charge in [-0.2, -0.15) is 5.26 Å². The molecule has 0 aromatic carbocycles. The zero-order valence-corrected chi connectivity index (χ0v) is 10.1. The van der Waals surface area contributed by atoms with Gasteiger partial charge in [-0.05, 0) is 12.8 Å². The number of carbonyl (C=O) groups excluding carboxylic acids is 1. The first-order valence-electron chi connectivity index (χ1n) is 5.92. The molecule has 2 atom stereocenters. The van der Waals surface area contributed by atoms with Crippen LogP contribution in [0.2, 0.25) is 0 Å². The molecule has 0 spiro atoms. The zero-order valence-electron chi connectivity index (χ0n) is 10.1. The van der Waals surface area contributed by atoms with Crippen molar-refractivity contribution in [1.29, 1.82) is 5.26 Å². The highest BCUT2D eigenvalue weighted by atomic mass is 16.4. The van der Waals surface area contributed by atoms with Gasteiger partial charge >= 0.3 is 5.97 Å². The van der Waals surface area contributed by atoms with Gasteiger partial charge in [-0.3, -0.25) is 9.59 Å². The van der Waals surface area contributed by atoms with Crippen LogP contribution >= 0.6 is 0 Å². The fourth-order valence-corrected chi connectivity index (χ4v) is 2.33. The second kappa shape index (κ2) is 6.24. The first-order chi connectivity index (χ1) is 8.07. The molecule has 1 rings (SSSR count). The highest BCUT2D eigenvalue weighted by Gasteiger charge is 2.36. The van der Waals surface area contributed by atoms with Gasteiger partial charge in [0.2, 0.25) is 5.91 Å². The van der Waals surface area contributed by atoms with Crippen molar-refractivity contribution >= 4 is 11.9 Å². The summed E-state index contributed by atoms with van der Waals surface area (Å²) in [4.78, 5) is 24.6. The van der Waals surface area contributed by atoms with Gasteiger partial charge in [0.15, 0.2) is 0 Å². The summed E-state index contributed by atoms with van der Waals surface area (Å²) in [5.41, 5.74) is 0. The van der Waals surface area contributed by atoms with E-state index in [1.165, 1.54) is 4.90 Å². The van der Waals surface area contributed by atoms with Gasteiger partial charge in [0.05, 0.1) is 24.3 Å². The summed E-state index contributed by atoms with van der Waals surface area (Å²) in [6, 6.07) is 1.98. The average molecular weight is 238 g/mol. The number of rotatable bonds is 4. The van der Waals surface area contributed by atoms with Gasteiger partial charge in [0.25, 0.3) is 0 Å². The minimum absolute atomic E-state index is 0.132. The van der Waals surface area contributed by atoms with E-state index in [4.69, 9.17) is 10.4 Å². The standard InChI is InChI=1S/C12H18N2O3/c1-14(8-4-7-13)11(15)9-5-2-3-6-10(9)12(16)17/h9-10H,2-6,8H2,1H3,(H,16,17). The van der Waals surface area contributed by atoms with Crippen LogP contribution < -0.4 is 0 Å². The Kier molecular flexibility index (Phi) is 4.95. The molecule has 0 radical (unpaired) electrons. The van der Waals surface area contributed by atoms with Gasteiger partial charge in [-0.25, -0.2) is 0 Å². The third kappa shape index (κ3) is 3.45. The molecule has 0 saturated heterocycles. The summed E-state index contributed by atoms with van der Waals surface area (Å²) in [5, 5.41) is 17.6. The molecule has 0 aromatic heterocycles. The molecular weight excluding hydrogens is 220 g/mol. The SMILES string of the molecule is CN(CCC#N)C(=O)C1CCCCC1C(=O)O. The van der Waals surface area contributed by atoms with Crippen molar-refractivity contribution in [2.75, 3.05) is 13.6 Å². The maximum atomic E-state index is 12.1. The van der Waals surface area contributed by atoms with E-state index in [-0.39, 0.29) is 12.3 Å². The summed E-state index contributed by atoms with van der Waals surface area (Å²) < 4.78 is 0. The van der Waals surface area contributed by atoms with Gasteiger partial charge < -0.3 is 10.0 Å². The molecule has 1 N–H and O–H groups in total. The van der Waals surface area contributed by atoms with Crippen molar-refractivity contribution in [3.05, 3.63) is 0 Å². The van der Waals surface area contributed by atoms with E-state index >= 15 is 0 Å². The largest absolute Gasteiger partial charge is 0.481 e. The number of amides is 1. The van der Waals surface area contributed by atoms with Crippen LogP contribution in [0.4, 0.5) is 0 Å². The van der Waals surface area contributed by atoms with Crippen molar-refractivity contribution in [2.45, 2.75) is 32.1 Å². The molecular formula is C12H18N2O3. The molecule has 94 valence electrons. The van der Waals surface area contributed by atoms with Gasteiger partial charge in [-0.15, -0.1) is 0 Å². The van der Waals surface area contributed by atoms with Crippen LogP contribution in [0.25, 0.3) is 0 Å². The number of carboxylic acids is 1. The fourth-order valence-electron chi connectivity index (χ4n) is 2.33. The summed E-state index contributed by atoms with van der Waals surface area (Å²) in [6.07, 6.45) is 3.30. The number of carbonyl (C=O) groups is 2. The van der Waals surface area contributed by atoms with Crippen LogP contribution in [0.1, 0.15) is 32.1 Å². The first-order valence-corrected chi connectivity index (χ1v) is 5.92. The maximum Gasteiger partial charge on any atom is 0.307 e. The zero-order chi connectivity index (χ0) is 12.8. The predicted molar refractivity (Wildman–Crippen MR) is 61.0 cm³/mol. The number of hydrogen-bond acceptors (Lipinski definition) is 3. The molecule has 0 heterocycles. The topological polar surface area (TPSA) is 81.4 Å². The minimum Gasteiger partial charge on any atom is -0.481 e. The molecule has 0 bridgehead atoms. The van der Waals surface area contributed by atoms with Crippen molar-refractivity contribution < 1.29 is 14.7 Å². The molecule has 1 saturated carbocycles. The Morgan fingerprint density at radius 3 is 2.47 bits per heavy atom. The second-order valence-electron chi connectivity index (χ2n) is 4.50. The number of aliphatic carboxylic acids is 1. The smallest absolute Gasteiger partial charge is 0.307 e. The van der Waals surface area contributed by atoms with Crippen LogP contribution in [0, 0.1) is 23.2 Å². The second-order valence-corrected chi connectivity index (χ2v) is 4.50. The summed E-state index contributed by atoms with van der Waals surface area (Å²) >= 11 is 0. The Morgan fingerprint density at radius 1 is 1.35 bits per heavy atom. The third-order valence-corrected chi connectivity index (χ3v) is 3.34. The van der Waals surface area contributed by atoms with Crippen LogP contribution in [0.5, 0.6) is 0 Å². The van der Waals surface area contributed by atoms with Crippen LogP contribution in [-0.4, -0.2) is 35.5 Å². The molecule has 0 aromatic rings. The highest BCUT2D eigenvalue weighted by Crippen LogP contribution is 2.31. The van der Waals surface area contributed by atoms with Crippen molar-refractivity contribution in [1.82, 2.24) is 4.90 Å². The Bertz CT molecular complexity index is 335. The van der Waals surface area contributed by atoms with Crippen molar-refractivity contribution in [3.8, 4) is 6.07 Å². The molecule has 5 nitrogen and oxygen atoms in total. The molecule has 1 amide bonds. The predicted octanol–water partition coefficient (Wildman–Crippen LogP) is 1.25. The number of nitriles is 1. The molecule has 17 heavy (non-hydrogen) atoms. The molecule has 1 aliphatic carbocycles. The van der Waals surface area contributed by atoms with E-state index in [9.17, 15) is 9.59 Å². The number of nitrogens with zero attached hydrogens (tertiary/aromatic N) is 2. The van der Waals surface area contributed by atoms with E-state index in [0.29, 0.717) is 19.4 Å². The van der Waals surface area contributed by atoms with Crippen LogP contribution in [0.15, 0.2) is 0 Å². The lowest BCUT2D eigenvalue weighted by molar-refractivity contribution is -0.151. The highest BCUT2D eigenvalue weighted by molar-refractivity contribution is 5.84. The Labute approximate surface area is 101 Å². The van der Waals surface area contributed by atoms with E-state index < -0.39 is 17.8 Å². The van der Waals surface area contributed by atoms with Crippen molar-refractivity contribution in [3.63, 3.8) is 0 Å². The first kappa shape index (κ1) is 13.5. The quantitative estimate of drug-likeness (QED) is 0.799. The van der Waals surface area contributed by atoms with E-state index in [0.717, 1.165) is 12.8 Å². The minimum atomic E-state index is -0.878. The normalized spacial score (nSPS) is 23.8. The van der Waals surface area contributed by atoms with Gasteiger partial charge in [-0.1, -0.05) is 12.8 Å². The molecule has 5 heteroatoms. The van der Waals surface area contributed by atoms with Crippen LogP contribution in [0.3, 0.4) is 0 Å². The third-order valence-electron chi connectivity index (χ3n) is 3.34. The maximum absolute atomic E-state index is 12.1. The summed E-state index contributed by atoms with van der Waals surface area (Å²) in [6.45, 7) is 0.373. The molecule has 1 aliphatic rings.